The zero-order valence-corrected chi connectivity index (χ0v) is 15.1. The fourth-order valence-corrected chi connectivity index (χ4v) is 3.69. The van der Waals surface area contributed by atoms with Gasteiger partial charge in [-0.3, -0.25) is 4.79 Å². The van der Waals surface area contributed by atoms with Crippen LogP contribution >= 0.6 is 0 Å². The van der Waals surface area contributed by atoms with Crippen LogP contribution in [0.15, 0.2) is 37.0 Å². The van der Waals surface area contributed by atoms with Crippen LogP contribution in [0.4, 0.5) is 0 Å². The normalized spacial score (nSPS) is 22.6. The number of nitriles is 2. The molecule has 0 radical (unpaired) electrons. The van der Waals surface area contributed by atoms with Crippen molar-refractivity contribution in [3.05, 3.63) is 37.0 Å². The van der Waals surface area contributed by atoms with E-state index in [9.17, 15) is 15.3 Å². The van der Waals surface area contributed by atoms with Gasteiger partial charge in [0.1, 0.15) is 0 Å². The van der Waals surface area contributed by atoms with Crippen LogP contribution in [-0.2, 0) is 19.0 Å². The molecular formula is C20H24N2O4. The highest BCUT2D eigenvalue weighted by atomic mass is 16.7. The maximum Gasteiger partial charge on any atom is 0.302 e. The number of hydrogen-bond donors (Lipinski definition) is 0. The van der Waals surface area contributed by atoms with Crippen molar-refractivity contribution in [2.45, 2.75) is 32.0 Å². The van der Waals surface area contributed by atoms with Crippen molar-refractivity contribution < 1.29 is 19.0 Å². The van der Waals surface area contributed by atoms with E-state index in [-0.39, 0.29) is 30.8 Å². The lowest BCUT2D eigenvalue weighted by Crippen LogP contribution is -2.42. The molecule has 26 heavy (non-hydrogen) atoms. The summed E-state index contributed by atoms with van der Waals surface area (Å²) >= 11 is 0. The van der Waals surface area contributed by atoms with Gasteiger partial charge in [-0.05, 0) is 11.5 Å². The molecule has 1 spiro atoms. The van der Waals surface area contributed by atoms with E-state index in [4.69, 9.17) is 14.2 Å². The first-order valence-electron chi connectivity index (χ1n) is 8.63. The number of carbonyl (C=O) groups excluding carboxylic acids is 1. The molecule has 0 saturated carbocycles. The molecule has 1 aliphatic heterocycles. The van der Waals surface area contributed by atoms with Crippen LogP contribution in [0.1, 0.15) is 26.2 Å². The number of ether oxygens (including phenoxy) is 3. The molecule has 0 amide bonds. The van der Waals surface area contributed by atoms with Crippen molar-refractivity contribution in [3.8, 4) is 12.1 Å². The van der Waals surface area contributed by atoms with Gasteiger partial charge in [0, 0.05) is 32.1 Å². The van der Waals surface area contributed by atoms with Crippen LogP contribution in [0.3, 0.4) is 0 Å². The van der Waals surface area contributed by atoms with Crippen LogP contribution in [0.25, 0.3) is 0 Å². The van der Waals surface area contributed by atoms with E-state index in [0.717, 1.165) is 0 Å². The number of hydrogen-bond acceptors (Lipinski definition) is 6. The molecule has 2 atom stereocenters. The van der Waals surface area contributed by atoms with E-state index in [0.29, 0.717) is 31.6 Å². The summed E-state index contributed by atoms with van der Waals surface area (Å²) in [4.78, 5) is 11.3. The molecule has 138 valence electrons. The molecule has 6 heteroatoms. The Morgan fingerprint density at radius 3 is 2.62 bits per heavy atom. The van der Waals surface area contributed by atoms with Crippen LogP contribution in [0, 0.1) is 39.9 Å². The molecule has 0 N–H and O–H groups in total. The van der Waals surface area contributed by atoms with Gasteiger partial charge in [0.05, 0.1) is 32.0 Å². The monoisotopic (exact) mass is 356 g/mol. The second-order valence-electron chi connectivity index (χ2n) is 6.61. The maximum absolute atomic E-state index is 11.3. The van der Waals surface area contributed by atoms with Crippen molar-refractivity contribution >= 4 is 5.97 Å². The minimum absolute atomic E-state index is 0.123. The van der Waals surface area contributed by atoms with Crippen molar-refractivity contribution in [2.24, 2.45) is 17.3 Å². The van der Waals surface area contributed by atoms with E-state index in [1.807, 2.05) is 6.08 Å². The van der Waals surface area contributed by atoms with Gasteiger partial charge in [-0.15, -0.1) is 13.2 Å². The van der Waals surface area contributed by atoms with E-state index in [2.05, 4.69) is 25.3 Å². The molecule has 6 nitrogen and oxygen atoms in total. The molecular weight excluding hydrogens is 332 g/mol. The lowest BCUT2D eigenvalue weighted by molar-refractivity contribution is -0.173. The minimum Gasteiger partial charge on any atom is -0.465 e. The summed E-state index contributed by atoms with van der Waals surface area (Å²) in [7, 11) is 0. The average molecular weight is 356 g/mol. The molecule has 1 aliphatic carbocycles. The molecule has 0 aromatic heterocycles. The van der Waals surface area contributed by atoms with Crippen molar-refractivity contribution in [1.29, 1.82) is 10.5 Å². The van der Waals surface area contributed by atoms with Crippen LogP contribution in [0.5, 0.6) is 0 Å². The molecule has 2 aliphatic rings. The van der Waals surface area contributed by atoms with Gasteiger partial charge in [0.15, 0.2) is 11.2 Å². The third-order valence-corrected chi connectivity index (χ3v) is 5.00. The SMILES string of the molecule is C=CCC(C#N)(C#N)C1=CCC2(C[C@H]1[C@@H](C=C)COC(C)=O)OCCO2. The van der Waals surface area contributed by atoms with Gasteiger partial charge in [-0.1, -0.05) is 18.2 Å². The van der Waals surface area contributed by atoms with Gasteiger partial charge in [-0.2, -0.15) is 10.5 Å². The predicted octanol–water partition coefficient (Wildman–Crippen LogP) is 3.04. The fourth-order valence-electron chi connectivity index (χ4n) is 3.69. The first-order valence-corrected chi connectivity index (χ1v) is 8.63. The zero-order chi connectivity index (χ0) is 19.2. The number of allylic oxidation sites excluding steroid dienone is 2. The summed E-state index contributed by atoms with van der Waals surface area (Å²) in [6, 6.07) is 4.33. The third-order valence-electron chi connectivity index (χ3n) is 5.00. The molecule has 0 bridgehead atoms. The molecule has 1 heterocycles. The Labute approximate surface area is 154 Å². The van der Waals surface area contributed by atoms with Gasteiger partial charge in [-0.25, -0.2) is 0 Å². The Kier molecular flexibility index (Phi) is 6.37. The highest BCUT2D eigenvalue weighted by Gasteiger charge is 2.49. The summed E-state index contributed by atoms with van der Waals surface area (Å²) in [5.41, 5.74) is -0.617. The molecule has 1 saturated heterocycles. The van der Waals surface area contributed by atoms with E-state index in [1.165, 1.54) is 6.92 Å². The van der Waals surface area contributed by atoms with Crippen LogP contribution < -0.4 is 0 Å². The van der Waals surface area contributed by atoms with Gasteiger partial charge in [0.2, 0.25) is 0 Å². The standard InChI is InChI=1S/C20H24N2O4/c1-4-7-19(13-21,14-22)18-6-8-20(25-9-10-26-20)11-17(18)16(5-2)12-24-15(3)23/h4-6,16-17H,1-2,7-12H2,3H3/t16-,17-/m0/s1. The van der Waals surface area contributed by atoms with Crippen LogP contribution in [0.2, 0.25) is 0 Å². The average Bonchev–Trinajstić information content (AvgIpc) is 3.08. The molecule has 0 aromatic rings. The summed E-state index contributed by atoms with van der Waals surface area (Å²) < 4.78 is 16.8. The van der Waals surface area contributed by atoms with Crippen molar-refractivity contribution in [1.82, 2.24) is 0 Å². The summed E-state index contributed by atoms with van der Waals surface area (Å²) in [5.74, 6) is -1.67. The summed E-state index contributed by atoms with van der Waals surface area (Å²) in [6.45, 7) is 10.0. The summed E-state index contributed by atoms with van der Waals surface area (Å²) in [5, 5.41) is 19.5. The lowest BCUT2D eigenvalue weighted by Gasteiger charge is -2.41. The minimum atomic E-state index is -1.32. The van der Waals surface area contributed by atoms with Crippen LogP contribution in [-0.4, -0.2) is 31.6 Å². The Morgan fingerprint density at radius 1 is 1.46 bits per heavy atom. The lowest BCUT2D eigenvalue weighted by atomic mass is 9.65. The smallest absolute Gasteiger partial charge is 0.302 e. The quantitative estimate of drug-likeness (QED) is 0.514. The fraction of sp³-hybridized carbons (Fsp3) is 0.550. The Bertz CT molecular complexity index is 663. The Hall–Kier alpha value is -2.41. The number of nitrogens with zero attached hydrogens (tertiary/aromatic N) is 2. The van der Waals surface area contributed by atoms with Gasteiger partial charge >= 0.3 is 5.97 Å². The largest absolute Gasteiger partial charge is 0.465 e. The predicted molar refractivity (Wildman–Crippen MR) is 94.2 cm³/mol. The van der Waals surface area contributed by atoms with E-state index < -0.39 is 11.2 Å². The molecule has 0 unspecified atom stereocenters. The van der Waals surface area contributed by atoms with Crippen molar-refractivity contribution in [3.63, 3.8) is 0 Å². The van der Waals surface area contributed by atoms with E-state index in [1.54, 1.807) is 12.2 Å². The first-order chi connectivity index (χ1) is 12.5. The van der Waals surface area contributed by atoms with Crippen molar-refractivity contribution in [2.75, 3.05) is 19.8 Å². The topological polar surface area (TPSA) is 92.3 Å². The van der Waals surface area contributed by atoms with Gasteiger partial charge < -0.3 is 14.2 Å². The zero-order valence-electron chi connectivity index (χ0n) is 15.1. The maximum atomic E-state index is 11.3. The van der Waals surface area contributed by atoms with Gasteiger partial charge in [0.25, 0.3) is 0 Å². The molecule has 1 fully saturated rings. The van der Waals surface area contributed by atoms with E-state index >= 15 is 0 Å². The highest BCUT2D eigenvalue weighted by molar-refractivity contribution is 5.65. The summed E-state index contributed by atoms with van der Waals surface area (Å²) in [6.07, 6.45) is 6.31. The highest BCUT2D eigenvalue weighted by Crippen LogP contribution is 2.48. The Balaban J connectivity index is 2.44. The molecule has 0 aromatic carbocycles. The second-order valence-corrected chi connectivity index (χ2v) is 6.61. The number of carbonyl (C=O) groups is 1. The third kappa shape index (κ3) is 3.88. The second kappa shape index (κ2) is 8.31. The number of esters is 1. The first kappa shape index (κ1) is 19.9. The molecule has 2 rings (SSSR count). The Morgan fingerprint density at radius 2 is 2.12 bits per heavy atom. The number of rotatable bonds is 7.